The lowest BCUT2D eigenvalue weighted by molar-refractivity contribution is -0.139. The van der Waals surface area contributed by atoms with Crippen LogP contribution in [0.3, 0.4) is 0 Å². The van der Waals surface area contributed by atoms with Gasteiger partial charge < -0.3 is 14.5 Å². The van der Waals surface area contributed by atoms with Crippen LogP contribution in [0.2, 0.25) is 0 Å². The smallest absolute Gasteiger partial charge is 0.228 e. The van der Waals surface area contributed by atoms with Gasteiger partial charge in [0.05, 0.1) is 17.1 Å². The Bertz CT molecular complexity index is 944. The van der Waals surface area contributed by atoms with Gasteiger partial charge in [0.1, 0.15) is 11.9 Å². The maximum absolute atomic E-state index is 13.0. The van der Waals surface area contributed by atoms with Gasteiger partial charge in [-0.3, -0.25) is 9.59 Å². The number of carbonyl (C=O) groups is 2. The van der Waals surface area contributed by atoms with Crippen molar-refractivity contribution < 1.29 is 14.3 Å². The Morgan fingerprint density at radius 3 is 2.69 bits per heavy atom. The quantitative estimate of drug-likeness (QED) is 0.565. The van der Waals surface area contributed by atoms with Crippen molar-refractivity contribution in [1.82, 2.24) is 14.8 Å². The molecule has 0 aliphatic carbocycles. The average molecular weight is 520 g/mol. The standard InChI is InChI=1S/C24H30BrN3O3S/c1-17-26-20(16-32-17)14-24(30)28-11-8-22(31-21-7-5-6-19(25)13-21)18(15-28)12-23(29)27-9-3-2-4-10-27/h5-7,13,16,18,22H,2-4,8-12,14-15H2,1H3/t18-,22-/m0/s1. The van der Waals surface area contributed by atoms with E-state index in [1.165, 1.54) is 6.42 Å². The number of nitrogens with zero attached hydrogens (tertiary/aromatic N) is 3. The van der Waals surface area contributed by atoms with Gasteiger partial charge in [0, 0.05) is 54.8 Å². The molecule has 0 bridgehead atoms. The number of likely N-dealkylation sites (tertiary alicyclic amines) is 2. The van der Waals surface area contributed by atoms with E-state index in [0.717, 1.165) is 46.9 Å². The zero-order valence-electron chi connectivity index (χ0n) is 18.5. The number of carbonyl (C=O) groups excluding carboxylic acids is 2. The van der Waals surface area contributed by atoms with Gasteiger partial charge in [0.2, 0.25) is 11.8 Å². The Morgan fingerprint density at radius 1 is 1.16 bits per heavy atom. The minimum Gasteiger partial charge on any atom is -0.490 e. The molecule has 172 valence electrons. The van der Waals surface area contributed by atoms with E-state index >= 15 is 0 Å². The molecule has 2 saturated heterocycles. The second kappa shape index (κ2) is 10.8. The van der Waals surface area contributed by atoms with Crippen molar-refractivity contribution in [3.05, 3.63) is 44.8 Å². The molecule has 0 saturated carbocycles. The summed E-state index contributed by atoms with van der Waals surface area (Å²) in [5.74, 6) is 1.02. The summed E-state index contributed by atoms with van der Waals surface area (Å²) in [6.07, 6.45) is 4.69. The van der Waals surface area contributed by atoms with E-state index in [1.54, 1.807) is 11.3 Å². The molecule has 32 heavy (non-hydrogen) atoms. The van der Waals surface area contributed by atoms with Crippen LogP contribution in [0.4, 0.5) is 0 Å². The van der Waals surface area contributed by atoms with Crippen LogP contribution in [0, 0.1) is 12.8 Å². The first kappa shape index (κ1) is 23.2. The minimum absolute atomic E-state index is 0.0294. The van der Waals surface area contributed by atoms with Crippen LogP contribution in [-0.2, 0) is 16.0 Å². The molecule has 2 aliphatic rings. The van der Waals surface area contributed by atoms with Crippen molar-refractivity contribution >= 4 is 39.1 Å². The van der Waals surface area contributed by atoms with E-state index in [1.807, 2.05) is 46.4 Å². The molecule has 0 unspecified atom stereocenters. The molecule has 2 atom stereocenters. The van der Waals surface area contributed by atoms with Crippen LogP contribution in [-0.4, -0.2) is 58.9 Å². The number of aryl methyl sites for hydroxylation is 1. The summed E-state index contributed by atoms with van der Waals surface area (Å²) in [6, 6.07) is 7.80. The minimum atomic E-state index is -0.0939. The third-order valence-electron chi connectivity index (χ3n) is 6.24. The predicted octanol–water partition coefficient (Wildman–Crippen LogP) is 4.46. The van der Waals surface area contributed by atoms with Crippen molar-refractivity contribution in [1.29, 1.82) is 0 Å². The SMILES string of the molecule is Cc1nc(CC(=O)N2CC[C@H](Oc3cccc(Br)c3)[C@@H](CC(=O)N3CCCCC3)C2)cs1. The fourth-order valence-electron chi connectivity index (χ4n) is 4.56. The van der Waals surface area contributed by atoms with Crippen LogP contribution >= 0.6 is 27.3 Å². The Hall–Kier alpha value is -1.93. The van der Waals surface area contributed by atoms with Gasteiger partial charge in [-0.1, -0.05) is 22.0 Å². The Balaban J connectivity index is 1.44. The highest BCUT2D eigenvalue weighted by molar-refractivity contribution is 9.10. The maximum Gasteiger partial charge on any atom is 0.228 e. The molecule has 0 N–H and O–H groups in total. The van der Waals surface area contributed by atoms with Crippen LogP contribution in [0.5, 0.6) is 5.75 Å². The highest BCUT2D eigenvalue weighted by Crippen LogP contribution is 2.28. The first-order chi connectivity index (χ1) is 15.5. The number of amides is 2. The largest absolute Gasteiger partial charge is 0.490 e. The normalized spacial score (nSPS) is 21.4. The summed E-state index contributed by atoms with van der Waals surface area (Å²) >= 11 is 5.06. The maximum atomic E-state index is 13.0. The molecular formula is C24H30BrN3O3S. The number of hydrogen-bond donors (Lipinski definition) is 0. The summed E-state index contributed by atoms with van der Waals surface area (Å²) in [7, 11) is 0. The van der Waals surface area contributed by atoms with Crippen LogP contribution < -0.4 is 4.74 Å². The van der Waals surface area contributed by atoms with E-state index in [9.17, 15) is 9.59 Å². The lowest BCUT2D eigenvalue weighted by Gasteiger charge is -2.39. The number of benzene rings is 1. The summed E-state index contributed by atoms with van der Waals surface area (Å²) in [6.45, 7) is 4.81. The molecule has 4 rings (SSSR count). The van der Waals surface area contributed by atoms with E-state index in [-0.39, 0.29) is 23.8 Å². The van der Waals surface area contributed by atoms with E-state index < -0.39 is 0 Å². The topological polar surface area (TPSA) is 62.7 Å². The monoisotopic (exact) mass is 519 g/mol. The Morgan fingerprint density at radius 2 is 1.97 bits per heavy atom. The molecule has 1 aromatic carbocycles. The van der Waals surface area contributed by atoms with Gasteiger partial charge in [-0.25, -0.2) is 4.98 Å². The van der Waals surface area contributed by atoms with Crippen molar-refractivity contribution in [2.75, 3.05) is 26.2 Å². The van der Waals surface area contributed by atoms with Gasteiger partial charge in [-0.2, -0.15) is 0 Å². The zero-order valence-corrected chi connectivity index (χ0v) is 20.9. The first-order valence-corrected chi connectivity index (χ1v) is 13.0. The molecule has 2 fully saturated rings. The highest BCUT2D eigenvalue weighted by Gasteiger charge is 2.35. The first-order valence-electron chi connectivity index (χ1n) is 11.4. The Labute approximate surface area is 202 Å². The molecule has 6 nitrogen and oxygen atoms in total. The molecular weight excluding hydrogens is 490 g/mol. The Kier molecular flexibility index (Phi) is 7.84. The van der Waals surface area contributed by atoms with Crippen molar-refractivity contribution in [3.63, 3.8) is 0 Å². The van der Waals surface area contributed by atoms with E-state index in [2.05, 4.69) is 20.9 Å². The third kappa shape index (κ3) is 6.10. The van der Waals surface area contributed by atoms with Crippen LogP contribution in [0.25, 0.3) is 0 Å². The van der Waals surface area contributed by atoms with Crippen molar-refractivity contribution in [2.45, 2.75) is 51.6 Å². The summed E-state index contributed by atoms with van der Waals surface area (Å²) in [4.78, 5) is 34.3. The fraction of sp³-hybridized carbons (Fsp3) is 0.542. The van der Waals surface area contributed by atoms with Crippen molar-refractivity contribution in [3.8, 4) is 5.75 Å². The van der Waals surface area contributed by atoms with Gasteiger partial charge in [0.15, 0.2) is 0 Å². The molecule has 2 aliphatic heterocycles. The molecule has 8 heteroatoms. The summed E-state index contributed by atoms with van der Waals surface area (Å²) in [5.41, 5.74) is 0.825. The number of hydrogen-bond acceptors (Lipinski definition) is 5. The van der Waals surface area contributed by atoms with Gasteiger partial charge >= 0.3 is 0 Å². The fourth-order valence-corrected chi connectivity index (χ4v) is 5.55. The predicted molar refractivity (Wildman–Crippen MR) is 129 cm³/mol. The molecule has 2 amide bonds. The lowest BCUT2D eigenvalue weighted by atomic mass is 9.90. The highest BCUT2D eigenvalue weighted by atomic mass is 79.9. The number of thiazole rings is 1. The second-order valence-corrected chi connectivity index (χ2v) is 10.7. The van der Waals surface area contributed by atoms with Gasteiger partial charge in [0.25, 0.3) is 0 Å². The number of aromatic nitrogens is 1. The van der Waals surface area contributed by atoms with Gasteiger partial charge in [-0.05, 0) is 44.4 Å². The van der Waals surface area contributed by atoms with Crippen LogP contribution in [0.15, 0.2) is 34.1 Å². The number of piperidine rings is 2. The third-order valence-corrected chi connectivity index (χ3v) is 7.56. The molecule has 3 heterocycles. The zero-order chi connectivity index (χ0) is 22.5. The van der Waals surface area contributed by atoms with Crippen LogP contribution in [0.1, 0.15) is 42.8 Å². The molecule has 1 aromatic heterocycles. The average Bonchev–Trinajstić information content (AvgIpc) is 3.20. The van der Waals surface area contributed by atoms with E-state index in [4.69, 9.17) is 4.74 Å². The summed E-state index contributed by atoms with van der Waals surface area (Å²) in [5, 5.41) is 2.92. The molecule has 2 aromatic rings. The molecule has 0 spiro atoms. The van der Waals surface area contributed by atoms with Gasteiger partial charge in [-0.15, -0.1) is 11.3 Å². The number of ether oxygens (including phenoxy) is 1. The lowest BCUT2D eigenvalue weighted by Crippen LogP contribution is -2.50. The van der Waals surface area contributed by atoms with E-state index in [0.29, 0.717) is 32.4 Å². The molecule has 0 radical (unpaired) electrons. The number of halogens is 1. The number of rotatable bonds is 6. The second-order valence-electron chi connectivity index (χ2n) is 8.68. The van der Waals surface area contributed by atoms with Crippen molar-refractivity contribution in [2.24, 2.45) is 5.92 Å². The summed E-state index contributed by atoms with van der Waals surface area (Å²) < 4.78 is 7.30.